The molecule has 4 aromatic carbocycles. The number of carbonyl (C=O) groups excluding carboxylic acids is 2. The van der Waals surface area contributed by atoms with Crippen molar-refractivity contribution in [2.24, 2.45) is 5.73 Å². The van der Waals surface area contributed by atoms with Crippen LogP contribution in [-0.2, 0) is 26.0 Å². The van der Waals surface area contributed by atoms with E-state index in [9.17, 15) is 18.0 Å². The quantitative estimate of drug-likeness (QED) is 0.222. The summed E-state index contributed by atoms with van der Waals surface area (Å²) in [5, 5.41) is 3.67. The number of nitrogens with zero attached hydrogens (tertiary/aromatic N) is 1. The lowest BCUT2D eigenvalue weighted by molar-refractivity contribution is -0.125. The first-order valence-corrected chi connectivity index (χ1v) is 16.2. The number of hydrogen-bond donors (Lipinski definition) is 2. The molecule has 0 saturated heterocycles. The molecule has 0 aliphatic carbocycles. The summed E-state index contributed by atoms with van der Waals surface area (Å²) in [7, 11) is -4.23. The van der Waals surface area contributed by atoms with Crippen molar-refractivity contribution in [3.63, 3.8) is 0 Å². The first-order chi connectivity index (χ1) is 21.1. The molecule has 44 heavy (non-hydrogen) atoms. The molecule has 0 radical (unpaired) electrons. The third-order valence-electron chi connectivity index (χ3n) is 7.68. The summed E-state index contributed by atoms with van der Waals surface area (Å²) in [6.45, 7) is 1.73. The van der Waals surface area contributed by atoms with Gasteiger partial charge in [0.05, 0.1) is 17.0 Å². The number of rotatable bonds is 9. The summed E-state index contributed by atoms with van der Waals surface area (Å²) in [5.74, 6) is -1.31. The number of amides is 2. The lowest BCUT2D eigenvalue weighted by atomic mass is 9.88. The van der Waals surface area contributed by atoms with Gasteiger partial charge in [0.2, 0.25) is 21.8 Å². The molecular formula is C34H31Cl2N3O4S. The zero-order chi connectivity index (χ0) is 31.4. The molecule has 0 aromatic heterocycles. The Labute approximate surface area is 267 Å². The number of nitrogens with one attached hydrogen (secondary N) is 1. The molecule has 0 fully saturated rings. The number of sulfonamides is 1. The summed E-state index contributed by atoms with van der Waals surface area (Å²) in [5.41, 5.74) is 8.45. The van der Waals surface area contributed by atoms with Gasteiger partial charge in [0, 0.05) is 22.0 Å². The number of carbonyl (C=O) groups is 2. The second-order valence-corrected chi connectivity index (χ2v) is 13.3. The number of halogens is 2. The molecule has 7 nitrogen and oxygen atoms in total. The summed E-state index contributed by atoms with van der Waals surface area (Å²) in [6, 6.07) is 26.9. The van der Waals surface area contributed by atoms with Crippen LogP contribution in [0, 0.1) is 6.92 Å². The molecular weight excluding hydrogens is 617 g/mol. The van der Waals surface area contributed by atoms with Crippen LogP contribution in [0.4, 0.5) is 0 Å². The van der Waals surface area contributed by atoms with Crippen LogP contribution in [0.3, 0.4) is 0 Å². The average Bonchev–Trinajstić information content (AvgIpc) is 3.01. The van der Waals surface area contributed by atoms with Crippen LogP contribution in [-0.4, -0.2) is 30.6 Å². The summed E-state index contributed by atoms with van der Waals surface area (Å²) < 4.78 is 30.8. The number of nitrogens with two attached hydrogens (primary N) is 1. The van der Waals surface area contributed by atoms with Crippen molar-refractivity contribution >= 4 is 45.0 Å². The van der Waals surface area contributed by atoms with E-state index in [1.54, 1.807) is 85.8 Å². The maximum absolute atomic E-state index is 14.7. The third-order valence-corrected chi connectivity index (χ3v) is 10.2. The van der Waals surface area contributed by atoms with E-state index in [-0.39, 0.29) is 23.3 Å². The maximum atomic E-state index is 14.7. The Hall–Kier alpha value is -3.95. The van der Waals surface area contributed by atoms with Crippen molar-refractivity contribution < 1.29 is 18.0 Å². The Morgan fingerprint density at radius 3 is 2.23 bits per heavy atom. The minimum absolute atomic E-state index is 0.117. The molecule has 4 aromatic rings. The molecule has 1 aliphatic heterocycles. The molecule has 5 rings (SSSR count). The van der Waals surface area contributed by atoms with Crippen molar-refractivity contribution in [1.29, 1.82) is 0 Å². The summed E-state index contributed by atoms with van der Waals surface area (Å²) in [4.78, 5) is 26.7. The SMILES string of the molecule is Cc1ccccc1S(=O)(=O)N1[C@@H](c2cccc(Cl)c2)C(C(=O)N[C@@H](Cc2ccccc2)C(N)=O)=CC[C@H]1c1ccc(Cl)cc1. The average molecular weight is 649 g/mol. The van der Waals surface area contributed by atoms with Gasteiger partial charge in [-0.3, -0.25) is 9.59 Å². The monoisotopic (exact) mass is 647 g/mol. The number of aryl methyl sites for hydroxylation is 1. The van der Waals surface area contributed by atoms with Crippen LogP contribution >= 0.6 is 23.2 Å². The van der Waals surface area contributed by atoms with Gasteiger partial charge in [-0.2, -0.15) is 4.31 Å². The van der Waals surface area contributed by atoms with E-state index in [0.29, 0.717) is 26.7 Å². The smallest absolute Gasteiger partial charge is 0.249 e. The molecule has 1 aliphatic rings. The van der Waals surface area contributed by atoms with Gasteiger partial charge in [0.25, 0.3) is 0 Å². The Balaban J connectivity index is 1.66. The highest BCUT2D eigenvalue weighted by Gasteiger charge is 2.45. The van der Waals surface area contributed by atoms with Crippen LogP contribution in [0.25, 0.3) is 0 Å². The van der Waals surface area contributed by atoms with Crippen LogP contribution in [0.15, 0.2) is 120 Å². The van der Waals surface area contributed by atoms with Gasteiger partial charge in [-0.05, 0) is 65.9 Å². The minimum Gasteiger partial charge on any atom is -0.368 e. The van der Waals surface area contributed by atoms with Gasteiger partial charge in [-0.1, -0.05) is 102 Å². The maximum Gasteiger partial charge on any atom is 0.249 e. The van der Waals surface area contributed by atoms with E-state index in [2.05, 4.69) is 5.32 Å². The van der Waals surface area contributed by atoms with Crippen molar-refractivity contribution in [2.75, 3.05) is 0 Å². The summed E-state index contributed by atoms with van der Waals surface area (Å²) >= 11 is 12.6. The van der Waals surface area contributed by atoms with Crippen LogP contribution < -0.4 is 11.1 Å². The van der Waals surface area contributed by atoms with Crippen molar-refractivity contribution in [3.05, 3.63) is 147 Å². The zero-order valence-corrected chi connectivity index (χ0v) is 26.2. The molecule has 0 saturated carbocycles. The number of primary amides is 1. The van der Waals surface area contributed by atoms with Crippen LogP contribution in [0.5, 0.6) is 0 Å². The first-order valence-electron chi connectivity index (χ1n) is 14.0. The molecule has 226 valence electrons. The Bertz CT molecular complexity index is 1810. The largest absolute Gasteiger partial charge is 0.368 e. The van der Waals surface area contributed by atoms with Gasteiger partial charge in [0.15, 0.2) is 0 Å². The van der Waals surface area contributed by atoms with E-state index in [1.165, 1.54) is 4.31 Å². The Morgan fingerprint density at radius 2 is 1.57 bits per heavy atom. The molecule has 3 N–H and O–H groups in total. The van der Waals surface area contributed by atoms with Crippen molar-refractivity contribution in [2.45, 2.75) is 42.8 Å². The van der Waals surface area contributed by atoms with Gasteiger partial charge in [-0.25, -0.2) is 8.42 Å². The predicted molar refractivity (Wildman–Crippen MR) is 173 cm³/mol. The summed E-state index contributed by atoms with van der Waals surface area (Å²) in [6.07, 6.45) is 2.09. The number of hydrogen-bond acceptors (Lipinski definition) is 4. The lowest BCUT2D eigenvalue weighted by Crippen LogP contribution is -2.49. The normalized spacial score (nSPS) is 17.8. The third kappa shape index (κ3) is 6.74. The molecule has 0 bridgehead atoms. The second-order valence-electron chi connectivity index (χ2n) is 10.6. The van der Waals surface area contributed by atoms with Gasteiger partial charge < -0.3 is 11.1 Å². The minimum atomic E-state index is -4.23. The molecule has 3 atom stereocenters. The predicted octanol–water partition coefficient (Wildman–Crippen LogP) is 6.32. The highest BCUT2D eigenvalue weighted by molar-refractivity contribution is 7.89. The molecule has 1 heterocycles. The fourth-order valence-corrected chi connectivity index (χ4v) is 7.87. The fraction of sp³-hybridized carbons (Fsp3) is 0.176. The Kier molecular flexibility index (Phi) is 9.56. The van der Waals surface area contributed by atoms with Gasteiger partial charge >= 0.3 is 0 Å². The highest BCUT2D eigenvalue weighted by Crippen LogP contribution is 2.46. The van der Waals surface area contributed by atoms with Gasteiger partial charge in [0.1, 0.15) is 6.04 Å². The van der Waals surface area contributed by atoms with Crippen LogP contribution in [0.1, 0.15) is 40.8 Å². The van der Waals surface area contributed by atoms with E-state index in [1.807, 2.05) is 30.3 Å². The van der Waals surface area contributed by atoms with Crippen molar-refractivity contribution in [1.82, 2.24) is 9.62 Å². The lowest BCUT2D eigenvalue weighted by Gasteiger charge is -2.41. The standard InChI is InChI=1S/C34H31Cl2N3O4S/c1-22-8-5-6-13-31(22)44(42,43)39-30(24-14-16-26(35)17-15-24)19-18-28(32(39)25-11-7-12-27(36)21-25)34(41)38-29(33(37)40)20-23-9-3-2-4-10-23/h2-18,21,29-30,32H,19-20H2,1H3,(H2,37,40)(H,38,41)/t29-,30-,32-/m0/s1. The fourth-order valence-electron chi connectivity index (χ4n) is 5.54. The topological polar surface area (TPSA) is 110 Å². The molecule has 0 spiro atoms. The second kappa shape index (κ2) is 13.4. The van der Waals surface area contributed by atoms with Crippen LogP contribution in [0.2, 0.25) is 10.0 Å². The van der Waals surface area contributed by atoms with E-state index < -0.39 is 40.0 Å². The molecule has 10 heteroatoms. The zero-order valence-electron chi connectivity index (χ0n) is 23.9. The number of benzene rings is 4. The molecule has 2 amide bonds. The highest BCUT2D eigenvalue weighted by atomic mass is 35.5. The van der Waals surface area contributed by atoms with Crippen molar-refractivity contribution in [3.8, 4) is 0 Å². The van der Waals surface area contributed by atoms with E-state index in [4.69, 9.17) is 28.9 Å². The van der Waals surface area contributed by atoms with Gasteiger partial charge in [-0.15, -0.1) is 0 Å². The van der Waals surface area contributed by atoms with E-state index >= 15 is 0 Å². The Morgan fingerprint density at radius 1 is 0.886 bits per heavy atom. The van der Waals surface area contributed by atoms with E-state index in [0.717, 1.165) is 5.56 Å². The molecule has 0 unspecified atom stereocenters. The first kappa shape index (κ1) is 31.5.